The molecule has 2 aromatic carbocycles. The average molecular weight is 561 g/mol. The molecular weight excluding hydrogens is 540 g/mol. The van der Waals surface area contributed by atoms with Crippen molar-refractivity contribution in [3.63, 3.8) is 0 Å². The summed E-state index contributed by atoms with van der Waals surface area (Å²) in [4.78, 5) is 22.7. The van der Waals surface area contributed by atoms with Crippen LogP contribution in [0.1, 0.15) is 23.9 Å². The number of aryl methyl sites for hydroxylation is 1. The van der Waals surface area contributed by atoms with Crippen LogP contribution in [0.15, 0.2) is 76.2 Å². The third kappa shape index (κ3) is 5.15. The molecule has 14 heteroatoms. The Balaban J connectivity index is 1.56. The van der Waals surface area contributed by atoms with Gasteiger partial charge in [-0.05, 0) is 56.5 Å². The van der Waals surface area contributed by atoms with Gasteiger partial charge in [-0.2, -0.15) is 15.3 Å². The number of rotatable bonds is 7. The minimum atomic E-state index is -0.451. The molecule has 0 aliphatic carbocycles. The van der Waals surface area contributed by atoms with E-state index in [2.05, 4.69) is 15.3 Å². The first-order valence-corrected chi connectivity index (χ1v) is 13.2. The normalized spacial score (nSPS) is 12.2. The smallest absolute Gasteiger partial charge is 0.258 e. The number of nitrogens with zero attached hydrogens (tertiary/aromatic N) is 8. The number of nitro groups is 2. The van der Waals surface area contributed by atoms with Gasteiger partial charge < -0.3 is 0 Å². The highest BCUT2D eigenvalue weighted by Gasteiger charge is 2.17. The zero-order chi connectivity index (χ0) is 27.7. The van der Waals surface area contributed by atoms with Crippen molar-refractivity contribution in [3.8, 4) is 21.3 Å². The van der Waals surface area contributed by atoms with Gasteiger partial charge in [0.05, 0.1) is 43.2 Å². The van der Waals surface area contributed by atoms with Gasteiger partial charge in [0.15, 0.2) is 5.01 Å². The maximum atomic E-state index is 11.1. The second-order valence-corrected chi connectivity index (χ2v) is 10.3. The van der Waals surface area contributed by atoms with Crippen molar-refractivity contribution in [2.75, 3.05) is 0 Å². The van der Waals surface area contributed by atoms with Gasteiger partial charge in [0.25, 0.3) is 11.4 Å². The van der Waals surface area contributed by atoms with Crippen molar-refractivity contribution in [2.45, 2.75) is 20.8 Å². The Morgan fingerprint density at radius 1 is 0.872 bits per heavy atom. The van der Waals surface area contributed by atoms with Crippen LogP contribution in [0, 0.1) is 34.1 Å². The molecule has 5 aromatic rings. The SMILES string of the molecule is CC(=NN=c1sc(-c2cccs2)nn1-c1ccc([N+](=O)[O-])cc1)c1c(C)nn(-c2ccc([N+](=O)[O-])cc2)c1C. The summed E-state index contributed by atoms with van der Waals surface area (Å²) in [6.07, 6.45) is 0. The molecule has 0 aliphatic heterocycles. The summed E-state index contributed by atoms with van der Waals surface area (Å²) in [7, 11) is 0. The zero-order valence-corrected chi connectivity index (χ0v) is 22.5. The van der Waals surface area contributed by atoms with E-state index >= 15 is 0 Å². The fourth-order valence-electron chi connectivity index (χ4n) is 4.03. The third-order valence-corrected chi connectivity index (χ3v) is 7.78. The van der Waals surface area contributed by atoms with E-state index in [0.29, 0.717) is 21.9 Å². The zero-order valence-electron chi connectivity index (χ0n) is 20.9. The predicted molar refractivity (Wildman–Crippen MR) is 149 cm³/mol. The minimum absolute atomic E-state index is 0.00449. The molecule has 3 heterocycles. The second kappa shape index (κ2) is 10.5. The van der Waals surface area contributed by atoms with E-state index in [0.717, 1.165) is 26.8 Å². The Kier molecular flexibility index (Phi) is 6.96. The molecule has 0 N–H and O–H groups in total. The molecule has 0 unspecified atom stereocenters. The molecule has 0 bridgehead atoms. The second-order valence-electron chi connectivity index (χ2n) is 8.37. The Hall–Kier alpha value is -4.82. The fraction of sp³-hybridized carbons (Fsp3) is 0.120. The maximum Gasteiger partial charge on any atom is 0.269 e. The summed E-state index contributed by atoms with van der Waals surface area (Å²) in [6.45, 7) is 5.59. The molecular formula is C25H20N8O4S2. The van der Waals surface area contributed by atoms with Gasteiger partial charge in [0, 0.05) is 29.8 Å². The molecule has 3 aromatic heterocycles. The molecule has 0 fully saturated rings. The van der Waals surface area contributed by atoms with Gasteiger partial charge in [-0.1, -0.05) is 17.4 Å². The summed E-state index contributed by atoms with van der Waals surface area (Å²) in [6, 6.07) is 16.1. The first-order chi connectivity index (χ1) is 18.7. The third-order valence-electron chi connectivity index (χ3n) is 5.84. The lowest BCUT2D eigenvalue weighted by molar-refractivity contribution is -0.385. The van der Waals surface area contributed by atoms with E-state index in [1.807, 2.05) is 38.3 Å². The van der Waals surface area contributed by atoms with Crippen LogP contribution in [0.5, 0.6) is 0 Å². The lowest BCUT2D eigenvalue weighted by Crippen LogP contribution is -2.14. The van der Waals surface area contributed by atoms with Gasteiger partial charge in [0.1, 0.15) is 0 Å². The van der Waals surface area contributed by atoms with Crippen molar-refractivity contribution in [1.29, 1.82) is 0 Å². The van der Waals surface area contributed by atoms with Crippen LogP contribution in [0.4, 0.5) is 11.4 Å². The highest BCUT2D eigenvalue weighted by Crippen LogP contribution is 2.26. The molecule has 0 amide bonds. The number of hydrogen-bond donors (Lipinski definition) is 0. The monoisotopic (exact) mass is 560 g/mol. The number of benzene rings is 2. The van der Waals surface area contributed by atoms with Crippen LogP contribution in [0.3, 0.4) is 0 Å². The number of hydrogen-bond acceptors (Lipinski definition) is 10. The summed E-state index contributed by atoms with van der Waals surface area (Å²) in [5.74, 6) is 0. The van der Waals surface area contributed by atoms with Crippen molar-refractivity contribution in [2.24, 2.45) is 10.2 Å². The van der Waals surface area contributed by atoms with Crippen LogP contribution in [0.2, 0.25) is 0 Å². The topological polar surface area (TPSA) is 147 Å². The van der Waals surface area contributed by atoms with Crippen LogP contribution < -0.4 is 4.80 Å². The largest absolute Gasteiger partial charge is 0.269 e. The lowest BCUT2D eigenvalue weighted by Gasteiger charge is -2.05. The number of thiophene rings is 1. The molecule has 5 rings (SSSR count). The standard InChI is InChI=1S/C25H20N8O4S2/c1-15(23-16(2)28-30(17(23)3)18-6-10-20(11-7-18)32(34)35)26-27-25-31(19-8-12-21(13-9-19)33(36)37)29-24(39-25)22-5-4-14-38-22/h4-14H,1-3H3. The van der Waals surface area contributed by atoms with Crippen LogP contribution in [0.25, 0.3) is 21.3 Å². The fourth-order valence-corrected chi connectivity index (χ4v) is 5.68. The van der Waals surface area contributed by atoms with Crippen LogP contribution >= 0.6 is 22.7 Å². The first-order valence-electron chi connectivity index (χ1n) is 11.5. The summed E-state index contributed by atoms with van der Waals surface area (Å²) >= 11 is 2.90. The van der Waals surface area contributed by atoms with Gasteiger partial charge in [-0.25, -0.2) is 9.36 Å². The van der Waals surface area contributed by atoms with Crippen LogP contribution in [-0.2, 0) is 0 Å². The number of non-ortho nitro benzene ring substituents is 2. The van der Waals surface area contributed by atoms with E-state index in [1.165, 1.54) is 35.6 Å². The summed E-state index contributed by atoms with van der Waals surface area (Å²) in [5, 5.41) is 43.1. The van der Waals surface area contributed by atoms with E-state index in [1.54, 1.807) is 45.0 Å². The number of aromatic nitrogens is 4. The molecule has 196 valence electrons. The highest BCUT2D eigenvalue weighted by atomic mass is 32.1. The average Bonchev–Trinajstić information content (AvgIpc) is 3.67. The van der Waals surface area contributed by atoms with Crippen molar-refractivity contribution >= 4 is 39.8 Å². The van der Waals surface area contributed by atoms with Gasteiger partial charge >= 0.3 is 0 Å². The van der Waals surface area contributed by atoms with Gasteiger partial charge in [-0.15, -0.1) is 16.4 Å². The Bertz CT molecular complexity index is 1780. The Labute approximate surface area is 229 Å². The summed E-state index contributed by atoms with van der Waals surface area (Å²) in [5.41, 5.74) is 4.27. The van der Waals surface area contributed by atoms with Crippen molar-refractivity contribution in [1.82, 2.24) is 19.6 Å². The van der Waals surface area contributed by atoms with E-state index < -0.39 is 9.85 Å². The molecule has 0 spiro atoms. The maximum absolute atomic E-state index is 11.1. The predicted octanol–water partition coefficient (Wildman–Crippen LogP) is 5.61. The summed E-state index contributed by atoms with van der Waals surface area (Å²) < 4.78 is 3.33. The first kappa shape index (κ1) is 25.8. The van der Waals surface area contributed by atoms with Crippen LogP contribution in [-0.4, -0.2) is 35.1 Å². The van der Waals surface area contributed by atoms with Gasteiger partial charge in [-0.3, -0.25) is 20.2 Å². The van der Waals surface area contributed by atoms with E-state index in [9.17, 15) is 20.2 Å². The van der Waals surface area contributed by atoms with Gasteiger partial charge in [0.2, 0.25) is 4.80 Å². The highest BCUT2D eigenvalue weighted by molar-refractivity contribution is 7.19. The lowest BCUT2D eigenvalue weighted by atomic mass is 10.1. The molecule has 0 saturated heterocycles. The van der Waals surface area contributed by atoms with E-state index in [-0.39, 0.29) is 11.4 Å². The molecule has 0 saturated carbocycles. The molecule has 0 atom stereocenters. The number of nitro benzene ring substituents is 2. The molecule has 0 aliphatic rings. The quantitative estimate of drug-likeness (QED) is 0.144. The Morgan fingerprint density at radius 2 is 1.46 bits per heavy atom. The molecule has 0 radical (unpaired) electrons. The van der Waals surface area contributed by atoms with Crippen molar-refractivity contribution < 1.29 is 9.85 Å². The van der Waals surface area contributed by atoms with E-state index in [4.69, 9.17) is 5.10 Å². The van der Waals surface area contributed by atoms with Crippen molar-refractivity contribution in [3.05, 3.63) is 108 Å². The molecule has 39 heavy (non-hydrogen) atoms. The Morgan fingerprint density at radius 3 is 2.00 bits per heavy atom. The minimum Gasteiger partial charge on any atom is -0.258 e. The molecule has 12 nitrogen and oxygen atoms in total.